The number of aliphatic hydroxyl groups excluding tert-OH is 3. The Morgan fingerprint density at radius 3 is 2.80 bits per heavy atom. The maximum Gasteiger partial charge on any atom is 0.330 e. The highest BCUT2D eigenvalue weighted by Gasteiger charge is 2.35. The van der Waals surface area contributed by atoms with Gasteiger partial charge in [-0.25, -0.2) is 4.79 Å². The van der Waals surface area contributed by atoms with E-state index in [9.17, 15) is 19.8 Å². The van der Waals surface area contributed by atoms with Gasteiger partial charge in [0.1, 0.15) is 12.3 Å². The summed E-state index contributed by atoms with van der Waals surface area (Å²) in [5.41, 5.74) is -1.52. The number of aliphatic hydroxyl groups is 3. The lowest BCUT2D eigenvalue weighted by Gasteiger charge is -2.16. The molecule has 1 aromatic heterocycles. The van der Waals surface area contributed by atoms with Crippen molar-refractivity contribution in [2.75, 3.05) is 12.5 Å². The third kappa shape index (κ3) is 2.79. The normalized spacial score (nSPS) is 27.7. The topological polar surface area (TPSA) is 125 Å². The fraction of sp³-hybridized carbons (Fsp3) is 0.636. The van der Waals surface area contributed by atoms with E-state index in [-0.39, 0.29) is 24.5 Å². The molecule has 0 radical (unpaired) electrons. The monoisotopic (exact) mass is 306 g/mol. The quantitative estimate of drug-likeness (QED) is 0.499. The van der Waals surface area contributed by atoms with E-state index in [1.54, 1.807) is 0 Å². The van der Waals surface area contributed by atoms with E-state index in [0.29, 0.717) is 0 Å². The van der Waals surface area contributed by atoms with E-state index >= 15 is 0 Å². The number of alkyl halides is 1. The van der Waals surface area contributed by atoms with Gasteiger partial charge >= 0.3 is 5.69 Å². The molecule has 4 atom stereocenters. The van der Waals surface area contributed by atoms with Gasteiger partial charge in [-0.1, -0.05) is 0 Å². The molecule has 0 bridgehead atoms. The maximum atomic E-state index is 11.8. The molecule has 8 nitrogen and oxygen atoms in total. The molecule has 1 saturated heterocycles. The summed E-state index contributed by atoms with van der Waals surface area (Å²) in [6.45, 7) is -0.382. The van der Waals surface area contributed by atoms with Crippen molar-refractivity contribution in [1.82, 2.24) is 9.55 Å². The summed E-state index contributed by atoms with van der Waals surface area (Å²) in [5, 5.41) is 28.3. The Morgan fingerprint density at radius 1 is 1.55 bits per heavy atom. The minimum atomic E-state index is -1.22. The molecule has 2 heterocycles. The van der Waals surface area contributed by atoms with Crippen LogP contribution in [0, 0.1) is 0 Å². The first-order valence-electron chi connectivity index (χ1n) is 6.01. The standard InChI is InChI=1S/C11H15ClN2O6/c12-2-7(17)5-3-14(11(19)13-10(5)18)9-1-6(16)8(4-15)20-9/h3,6-9,15-17H,1-2,4H2,(H,13,18,19)/t6-,7-,8+,9+/m0/s1. The van der Waals surface area contributed by atoms with E-state index in [1.807, 2.05) is 0 Å². The molecule has 0 amide bonds. The van der Waals surface area contributed by atoms with E-state index < -0.39 is 35.8 Å². The molecule has 9 heteroatoms. The molecule has 1 aliphatic rings. The van der Waals surface area contributed by atoms with E-state index in [2.05, 4.69) is 4.98 Å². The van der Waals surface area contributed by atoms with Crippen LogP contribution in [0.2, 0.25) is 0 Å². The van der Waals surface area contributed by atoms with Crippen LogP contribution >= 0.6 is 11.6 Å². The molecule has 4 N–H and O–H groups in total. The SMILES string of the molecule is O=c1[nH]c(=O)n([C@H]2C[C@H](O)[C@@H](CO)O2)cc1[C@@H](O)CCl. The lowest BCUT2D eigenvalue weighted by Crippen LogP contribution is -2.35. The van der Waals surface area contributed by atoms with Gasteiger partial charge in [-0.2, -0.15) is 0 Å². The zero-order valence-corrected chi connectivity index (χ0v) is 11.2. The second kappa shape index (κ2) is 6.06. The molecule has 0 saturated carbocycles. The highest BCUT2D eigenvalue weighted by molar-refractivity contribution is 6.18. The number of ether oxygens (including phenoxy) is 1. The molecule has 0 spiro atoms. The Kier molecular flexibility index (Phi) is 4.61. The van der Waals surface area contributed by atoms with Crippen molar-refractivity contribution >= 4 is 11.6 Å². The van der Waals surface area contributed by atoms with Crippen LogP contribution in [-0.4, -0.2) is 49.6 Å². The fourth-order valence-corrected chi connectivity index (χ4v) is 2.25. The first-order chi connectivity index (χ1) is 9.47. The van der Waals surface area contributed by atoms with Crippen LogP contribution in [0.3, 0.4) is 0 Å². The molecular weight excluding hydrogens is 292 g/mol. The summed E-state index contributed by atoms with van der Waals surface area (Å²) in [7, 11) is 0. The van der Waals surface area contributed by atoms with Crippen molar-refractivity contribution in [2.45, 2.75) is 31.0 Å². The predicted octanol–water partition coefficient (Wildman–Crippen LogP) is -1.55. The zero-order chi connectivity index (χ0) is 14.9. The molecule has 0 unspecified atom stereocenters. The van der Waals surface area contributed by atoms with Crippen molar-refractivity contribution in [1.29, 1.82) is 0 Å². The second-order valence-corrected chi connectivity index (χ2v) is 4.84. The molecule has 112 valence electrons. The number of H-pyrrole nitrogens is 1. The van der Waals surface area contributed by atoms with E-state index in [4.69, 9.17) is 21.4 Å². The fourth-order valence-electron chi connectivity index (χ4n) is 2.09. The molecule has 2 rings (SSSR count). The van der Waals surface area contributed by atoms with Gasteiger partial charge in [-0.15, -0.1) is 11.6 Å². The lowest BCUT2D eigenvalue weighted by molar-refractivity contribution is -0.0461. The van der Waals surface area contributed by atoms with Crippen molar-refractivity contribution in [3.8, 4) is 0 Å². The summed E-state index contributed by atoms with van der Waals surface area (Å²) in [6.07, 6.45) is -2.50. The van der Waals surface area contributed by atoms with E-state index in [1.165, 1.54) is 0 Å². The summed E-state index contributed by atoms with van der Waals surface area (Å²) >= 11 is 5.48. The summed E-state index contributed by atoms with van der Waals surface area (Å²) in [6, 6.07) is 0. The van der Waals surface area contributed by atoms with Crippen molar-refractivity contribution in [3.63, 3.8) is 0 Å². The van der Waals surface area contributed by atoms with Gasteiger partial charge in [0.25, 0.3) is 5.56 Å². The Balaban J connectivity index is 2.38. The largest absolute Gasteiger partial charge is 0.394 e. The van der Waals surface area contributed by atoms with Gasteiger partial charge in [-0.05, 0) is 0 Å². The molecule has 0 aliphatic carbocycles. The zero-order valence-electron chi connectivity index (χ0n) is 10.4. The number of hydrogen-bond donors (Lipinski definition) is 4. The minimum Gasteiger partial charge on any atom is -0.394 e. The van der Waals surface area contributed by atoms with Crippen LogP contribution < -0.4 is 11.2 Å². The van der Waals surface area contributed by atoms with Crippen LogP contribution in [0.25, 0.3) is 0 Å². The third-order valence-electron chi connectivity index (χ3n) is 3.19. The van der Waals surface area contributed by atoms with Crippen molar-refractivity contribution < 1.29 is 20.1 Å². The molecule has 0 aromatic carbocycles. The van der Waals surface area contributed by atoms with Crippen molar-refractivity contribution in [3.05, 3.63) is 32.6 Å². The number of hydrogen-bond acceptors (Lipinski definition) is 6. The van der Waals surface area contributed by atoms with Gasteiger partial charge in [0.2, 0.25) is 0 Å². The Morgan fingerprint density at radius 2 is 2.25 bits per heavy atom. The minimum absolute atomic E-state index is 0.0647. The van der Waals surface area contributed by atoms with Crippen LogP contribution in [0.5, 0.6) is 0 Å². The third-order valence-corrected chi connectivity index (χ3v) is 3.49. The van der Waals surface area contributed by atoms with Gasteiger partial charge in [0, 0.05) is 12.6 Å². The molecule has 20 heavy (non-hydrogen) atoms. The highest BCUT2D eigenvalue weighted by atomic mass is 35.5. The number of aromatic nitrogens is 2. The van der Waals surface area contributed by atoms with Crippen molar-refractivity contribution in [2.24, 2.45) is 0 Å². The number of aromatic amines is 1. The lowest BCUT2D eigenvalue weighted by atomic mass is 10.2. The average Bonchev–Trinajstić information content (AvgIpc) is 2.79. The summed E-state index contributed by atoms with van der Waals surface area (Å²) in [4.78, 5) is 25.4. The summed E-state index contributed by atoms with van der Waals surface area (Å²) in [5.74, 6) is -0.200. The molecule has 1 fully saturated rings. The summed E-state index contributed by atoms with van der Waals surface area (Å²) < 4.78 is 6.39. The van der Waals surface area contributed by atoms with Gasteiger partial charge in [0.15, 0.2) is 0 Å². The highest BCUT2D eigenvalue weighted by Crippen LogP contribution is 2.27. The first-order valence-corrected chi connectivity index (χ1v) is 6.55. The number of nitrogens with zero attached hydrogens (tertiary/aromatic N) is 1. The van der Waals surface area contributed by atoms with Gasteiger partial charge in [-0.3, -0.25) is 14.3 Å². The van der Waals surface area contributed by atoms with Crippen LogP contribution in [0.1, 0.15) is 24.3 Å². The van der Waals surface area contributed by atoms with Crippen LogP contribution in [-0.2, 0) is 4.74 Å². The maximum absolute atomic E-state index is 11.8. The average molecular weight is 307 g/mol. The Bertz CT molecular complexity index is 585. The number of rotatable bonds is 4. The number of nitrogens with one attached hydrogen (secondary N) is 1. The molecule has 1 aromatic rings. The van der Waals surface area contributed by atoms with Gasteiger partial charge < -0.3 is 20.1 Å². The number of halogens is 1. The predicted molar refractivity (Wildman–Crippen MR) is 68.6 cm³/mol. The Hall–Kier alpha value is -1.19. The van der Waals surface area contributed by atoms with Crippen LogP contribution in [0.15, 0.2) is 15.8 Å². The molecular formula is C11H15ClN2O6. The molecule has 1 aliphatic heterocycles. The van der Waals surface area contributed by atoms with E-state index in [0.717, 1.165) is 10.8 Å². The first kappa shape index (κ1) is 15.2. The second-order valence-electron chi connectivity index (χ2n) is 4.54. The smallest absolute Gasteiger partial charge is 0.330 e. The van der Waals surface area contributed by atoms with Crippen LogP contribution in [0.4, 0.5) is 0 Å². The Labute approximate surface area is 118 Å². The van der Waals surface area contributed by atoms with Gasteiger partial charge in [0.05, 0.1) is 30.3 Å².